The fourth-order valence-corrected chi connectivity index (χ4v) is 2.09. The number of halogens is 1. The van der Waals surface area contributed by atoms with Crippen molar-refractivity contribution < 1.29 is 4.79 Å². The molecule has 0 bridgehead atoms. The Morgan fingerprint density at radius 2 is 2.00 bits per heavy atom. The van der Waals surface area contributed by atoms with Crippen LogP contribution in [0.1, 0.15) is 6.42 Å². The zero-order chi connectivity index (χ0) is 12.1. The third-order valence-electron chi connectivity index (χ3n) is 2.65. The molecule has 2 amide bonds. The Kier molecular flexibility index (Phi) is 4.61. The van der Waals surface area contributed by atoms with Gasteiger partial charge in [0.25, 0.3) is 0 Å². The predicted octanol–water partition coefficient (Wildman–Crippen LogP) is 2.13. The Labute approximate surface area is 115 Å². The van der Waals surface area contributed by atoms with Crippen LogP contribution in [0.2, 0.25) is 0 Å². The molecule has 1 aromatic carbocycles. The van der Waals surface area contributed by atoms with E-state index in [-0.39, 0.29) is 6.03 Å². The van der Waals surface area contributed by atoms with Gasteiger partial charge in [-0.3, -0.25) is 0 Å². The fraction of sp³-hybridized carbons (Fsp3) is 0.417. The SMILES string of the molecule is O=C(Nc1ccc(I)cc1)N1CCC[N]CC1. The molecular formula is C12H15IN3O. The molecule has 1 saturated heterocycles. The van der Waals surface area contributed by atoms with Crippen LogP contribution in [-0.2, 0) is 0 Å². The summed E-state index contributed by atoms with van der Waals surface area (Å²) in [6.07, 6.45) is 0.958. The maximum Gasteiger partial charge on any atom is 0.321 e. The van der Waals surface area contributed by atoms with E-state index < -0.39 is 0 Å². The topological polar surface area (TPSA) is 46.4 Å². The van der Waals surface area contributed by atoms with Crippen molar-refractivity contribution in [2.75, 3.05) is 31.5 Å². The molecule has 0 saturated carbocycles. The molecule has 0 atom stereocenters. The Hall–Kier alpha value is -0.820. The number of hydrogen-bond donors (Lipinski definition) is 1. The molecule has 91 valence electrons. The van der Waals surface area contributed by atoms with Gasteiger partial charge in [0.2, 0.25) is 0 Å². The smallest absolute Gasteiger partial charge is 0.321 e. The van der Waals surface area contributed by atoms with Crippen LogP contribution in [0.5, 0.6) is 0 Å². The molecule has 0 spiro atoms. The van der Waals surface area contributed by atoms with E-state index in [1.807, 2.05) is 29.2 Å². The van der Waals surface area contributed by atoms with Crippen molar-refractivity contribution in [2.24, 2.45) is 0 Å². The number of nitrogens with one attached hydrogen (secondary N) is 1. The first-order valence-corrected chi connectivity index (χ1v) is 6.78. The van der Waals surface area contributed by atoms with Gasteiger partial charge in [0, 0.05) is 35.4 Å². The first-order valence-electron chi connectivity index (χ1n) is 5.70. The Balaban J connectivity index is 1.93. The minimum absolute atomic E-state index is 0.0247. The van der Waals surface area contributed by atoms with Crippen LogP contribution in [0.4, 0.5) is 10.5 Å². The lowest BCUT2D eigenvalue weighted by Gasteiger charge is -2.20. The number of rotatable bonds is 1. The van der Waals surface area contributed by atoms with E-state index >= 15 is 0 Å². The van der Waals surface area contributed by atoms with Gasteiger partial charge in [0.05, 0.1) is 0 Å². The minimum Gasteiger partial charge on any atom is -0.323 e. The highest BCUT2D eigenvalue weighted by molar-refractivity contribution is 14.1. The van der Waals surface area contributed by atoms with Gasteiger partial charge < -0.3 is 10.2 Å². The summed E-state index contributed by atoms with van der Waals surface area (Å²) in [5.41, 5.74) is 0.844. The van der Waals surface area contributed by atoms with Gasteiger partial charge in [-0.1, -0.05) is 0 Å². The molecule has 1 aliphatic heterocycles. The summed E-state index contributed by atoms with van der Waals surface area (Å²) in [6, 6.07) is 7.77. The third kappa shape index (κ3) is 3.85. The van der Waals surface area contributed by atoms with E-state index in [2.05, 4.69) is 33.2 Å². The van der Waals surface area contributed by atoms with Crippen LogP contribution in [-0.4, -0.2) is 37.1 Å². The molecule has 1 aromatic rings. The molecule has 2 rings (SSSR count). The number of amides is 2. The normalized spacial score (nSPS) is 16.4. The van der Waals surface area contributed by atoms with Crippen LogP contribution in [0.25, 0.3) is 0 Å². The second kappa shape index (κ2) is 6.20. The summed E-state index contributed by atoms with van der Waals surface area (Å²) >= 11 is 2.24. The van der Waals surface area contributed by atoms with Gasteiger partial charge in [-0.25, -0.2) is 10.1 Å². The Morgan fingerprint density at radius 3 is 2.76 bits per heavy atom. The quantitative estimate of drug-likeness (QED) is 0.780. The van der Waals surface area contributed by atoms with E-state index in [1.54, 1.807) is 0 Å². The van der Waals surface area contributed by atoms with E-state index in [0.717, 1.165) is 41.9 Å². The lowest BCUT2D eigenvalue weighted by atomic mass is 10.3. The molecule has 5 heteroatoms. The van der Waals surface area contributed by atoms with Gasteiger partial charge in [-0.05, 0) is 53.3 Å². The fourth-order valence-electron chi connectivity index (χ4n) is 1.73. The lowest BCUT2D eigenvalue weighted by Crippen LogP contribution is -2.37. The average Bonchev–Trinajstić information content (AvgIpc) is 2.61. The second-order valence-corrected chi connectivity index (χ2v) is 5.19. The van der Waals surface area contributed by atoms with Crippen LogP contribution < -0.4 is 10.6 Å². The third-order valence-corrected chi connectivity index (χ3v) is 3.37. The lowest BCUT2D eigenvalue weighted by molar-refractivity contribution is 0.215. The maximum absolute atomic E-state index is 12.0. The van der Waals surface area contributed by atoms with Crippen molar-refractivity contribution in [3.05, 3.63) is 27.8 Å². The van der Waals surface area contributed by atoms with Crippen molar-refractivity contribution in [1.82, 2.24) is 10.2 Å². The molecular weight excluding hydrogens is 329 g/mol. The number of carbonyl (C=O) groups is 1. The van der Waals surface area contributed by atoms with Crippen molar-refractivity contribution in [1.29, 1.82) is 0 Å². The van der Waals surface area contributed by atoms with Gasteiger partial charge in [-0.2, -0.15) is 0 Å². The Bertz CT molecular complexity index is 372. The van der Waals surface area contributed by atoms with Crippen molar-refractivity contribution in [3.8, 4) is 0 Å². The van der Waals surface area contributed by atoms with E-state index in [0.29, 0.717) is 0 Å². The van der Waals surface area contributed by atoms with Crippen molar-refractivity contribution >= 4 is 34.3 Å². The van der Waals surface area contributed by atoms with Gasteiger partial charge in [0.1, 0.15) is 0 Å². The van der Waals surface area contributed by atoms with E-state index in [1.165, 1.54) is 0 Å². The highest BCUT2D eigenvalue weighted by Gasteiger charge is 2.15. The molecule has 1 radical (unpaired) electrons. The van der Waals surface area contributed by atoms with Crippen molar-refractivity contribution in [3.63, 3.8) is 0 Å². The molecule has 0 unspecified atom stereocenters. The summed E-state index contributed by atoms with van der Waals surface area (Å²) < 4.78 is 1.16. The first kappa shape index (κ1) is 12.6. The summed E-state index contributed by atoms with van der Waals surface area (Å²) in [6.45, 7) is 3.13. The second-order valence-electron chi connectivity index (χ2n) is 3.95. The number of carbonyl (C=O) groups excluding carboxylic acids is 1. The van der Waals surface area contributed by atoms with Gasteiger partial charge in [0.15, 0.2) is 0 Å². The molecule has 1 aliphatic rings. The number of benzene rings is 1. The summed E-state index contributed by atoms with van der Waals surface area (Å²) in [5.74, 6) is 0. The molecule has 1 heterocycles. The van der Waals surface area contributed by atoms with Gasteiger partial charge >= 0.3 is 6.03 Å². The summed E-state index contributed by atoms with van der Waals surface area (Å²) in [4.78, 5) is 13.8. The molecule has 1 fully saturated rings. The van der Waals surface area contributed by atoms with E-state index in [4.69, 9.17) is 0 Å². The van der Waals surface area contributed by atoms with Gasteiger partial charge in [-0.15, -0.1) is 0 Å². The predicted molar refractivity (Wildman–Crippen MR) is 76.2 cm³/mol. The minimum atomic E-state index is -0.0247. The van der Waals surface area contributed by atoms with Crippen LogP contribution in [0, 0.1) is 3.57 Å². The van der Waals surface area contributed by atoms with Crippen LogP contribution in [0.3, 0.4) is 0 Å². The van der Waals surface area contributed by atoms with Crippen molar-refractivity contribution in [2.45, 2.75) is 6.42 Å². The monoisotopic (exact) mass is 344 g/mol. The van der Waals surface area contributed by atoms with Crippen LogP contribution >= 0.6 is 22.6 Å². The highest BCUT2D eigenvalue weighted by Crippen LogP contribution is 2.12. The summed E-state index contributed by atoms with van der Waals surface area (Å²) in [7, 11) is 0. The molecule has 0 aromatic heterocycles. The maximum atomic E-state index is 12.0. The number of anilines is 1. The summed E-state index contributed by atoms with van der Waals surface area (Å²) in [5, 5.41) is 7.21. The zero-order valence-corrected chi connectivity index (χ0v) is 11.7. The average molecular weight is 344 g/mol. The largest absolute Gasteiger partial charge is 0.323 e. The highest BCUT2D eigenvalue weighted by atomic mass is 127. The van der Waals surface area contributed by atoms with E-state index in [9.17, 15) is 4.79 Å². The first-order chi connectivity index (χ1) is 8.25. The number of hydrogen-bond acceptors (Lipinski definition) is 1. The molecule has 17 heavy (non-hydrogen) atoms. The number of nitrogens with zero attached hydrogens (tertiary/aromatic N) is 2. The van der Waals surface area contributed by atoms with Crippen LogP contribution in [0.15, 0.2) is 24.3 Å². The molecule has 0 aliphatic carbocycles. The zero-order valence-electron chi connectivity index (χ0n) is 9.53. The molecule has 1 N–H and O–H groups in total. The number of urea groups is 1. The Morgan fingerprint density at radius 1 is 1.24 bits per heavy atom. The molecule has 4 nitrogen and oxygen atoms in total. The standard InChI is InChI=1S/C12H15IN3O/c13-10-2-4-11(5-3-10)15-12(17)16-8-1-6-14-7-9-16/h2-5H,1,6-9H2,(H,15,17).